The molecule has 3 rings (SSSR count). The summed E-state index contributed by atoms with van der Waals surface area (Å²) in [6.45, 7) is 5.68. The molecule has 1 fully saturated rings. The molecular weight excluding hydrogens is 312 g/mol. The van der Waals surface area contributed by atoms with Gasteiger partial charge in [0.15, 0.2) is 5.76 Å². The van der Waals surface area contributed by atoms with Gasteiger partial charge in [-0.15, -0.1) is 11.3 Å². The summed E-state index contributed by atoms with van der Waals surface area (Å²) in [4.78, 5) is 18.3. The Labute approximate surface area is 139 Å². The number of piperidine rings is 1. The fourth-order valence-corrected chi connectivity index (χ4v) is 3.35. The predicted octanol–water partition coefficient (Wildman–Crippen LogP) is 2.34. The number of aryl methyl sites for hydroxylation is 1. The van der Waals surface area contributed by atoms with E-state index in [0.29, 0.717) is 11.6 Å². The normalized spacial score (nSPS) is 16.6. The molecular formula is C16H22N4O2S. The quantitative estimate of drug-likeness (QED) is 0.878. The molecule has 1 saturated heterocycles. The molecule has 7 heteroatoms. The molecule has 1 N–H and O–H groups in total. The summed E-state index contributed by atoms with van der Waals surface area (Å²) < 4.78 is 5.35. The number of carbonyl (C=O) groups is 1. The van der Waals surface area contributed by atoms with Crippen LogP contribution in [0.5, 0.6) is 0 Å². The topological polar surface area (TPSA) is 71.3 Å². The molecule has 0 bridgehead atoms. The summed E-state index contributed by atoms with van der Waals surface area (Å²) in [6, 6.07) is 2.04. The lowest BCUT2D eigenvalue weighted by Gasteiger charge is -2.31. The molecule has 0 unspecified atom stereocenters. The van der Waals surface area contributed by atoms with E-state index in [4.69, 9.17) is 4.52 Å². The van der Waals surface area contributed by atoms with Crippen LogP contribution in [0.15, 0.2) is 21.5 Å². The number of nitrogens with zero attached hydrogens (tertiary/aromatic N) is 3. The van der Waals surface area contributed by atoms with E-state index < -0.39 is 0 Å². The number of hydrogen-bond acceptors (Lipinski definition) is 6. The summed E-state index contributed by atoms with van der Waals surface area (Å²) in [7, 11) is 0. The Hall–Kier alpha value is -1.73. The van der Waals surface area contributed by atoms with Crippen molar-refractivity contribution < 1.29 is 9.32 Å². The van der Waals surface area contributed by atoms with Crippen molar-refractivity contribution in [2.45, 2.75) is 32.7 Å². The van der Waals surface area contributed by atoms with Gasteiger partial charge in [-0.2, -0.15) is 0 Å². The number of carbonyl (C=O) groups excluding carboxylic acids is 1. The first-order chi connectivity index (χ1) is 11.2. The van der Waals surface area contributed by atoms with Gasteiger partial charge in [0.25, 0.3) is 5.91 Å². The summed E-state index contributed by atoms with van der Waals surface area (Å²) in [5, 5.41) is 8.80. The molecule has 124 valence electrons. The van der Waals surface area contributed by atoms with Crippen molar-refractivity contribution >= 4 is 17.2 Å². The lowest BCUT2D eigenvalue weighted by atomic mass is 9.96. The molecule has 0 aromatic carbocycles. The van der Waals surface area contributed by atoms with E-state index in [2.05, 4.69) is 27.3 Å². The smallest absolute Gasteiger partial charge is 0.270 e. The standard InChI is InChI=1S/C16H22N4O2S/c1-2-13-7-14(22-19-13)9-20-5-3-12(4-6-20)8-17-16(21)15-10-23-11-18-15/h7,10-12H,2-6,8-9H2,1H3,(H,17,21). The van der Waals surface area contributed by atoms with Gasteiger partial charge in [0, 0.05) is 18.0 Å². The number of rotatable bonds is 6. The van der Waals surface area contributed by atoms with Gasteiger partial charge in [0.1, 0.15) is 5.69 Å². The van der Waals surface area contributed by atoms with Gasteiger partial charge < -0.3 is 9.84 Å². The molecule has 6 nitrogen and oxygen atoms in total. The van der Waals surface area contributed by atoms with Crippen molar-refractivity contribution in [1.29, 1.82) is 0 Å². The molecule has 0 aliphatic carbocycles. The van der Waals surface area contributed by atoms with Crippen molar-refractivity contribution in [3.63, 3.8) is 0 Å². The van der Waals surface area contributed by atoms with Crippen LogP contribution in [-0.4, -0.2) is 40.6 Å². The Kier molecular flexibility index (Phi) is 5.40. The molecule has 0 radical (unpaired) electrons. The van der Waals surface area contributed by atoms with Gasteiger partial charge in [-0.25, -0.2) is 4.98 Å². The fraction of sp³-hybridized carbons (Fsp3) is 0.562. The molecule has 1 aliphatic heterocycles. The van der Waals surface area contributed by atoms with Gasteiger partial charge in [-0.1, -0.05) is 12.1 Å². The molecule has 1 amide bonds. The highest BCUT2D eigenvalue weighted by Crippen LogP contribution is 2.19. The highest BCUT2D eigenvalue weighted by Gasteiger charge is 2.21. The van der Waals surface area contributed by atoms with Crippen LogP contribution < -0.4 is 5.32 Å². The van der Waals surface area contributed by atoms with Crippen LogP contribution in [0, 0.1) is 5.92 Å². The van der Waals surface area contributed by atoms with E-state index in [1.165, 1.54) is 11.3 Å². The Bertz CT molecular complexity index is 618. The maximum atomic E-state index is 11.9. The first kappa shape index (κ1) is 16.1. The van der Waals surface area contributed by atoms with Gasteiger partial charge in [-0.3, -0.25) is 9.69 Å². The van der Waals surface area contributed by atoms with Crippen LogP contribution in [0.25, 0.3) is 0 Å². The van der Waals surface area contributed by atoms with Crippen molar-refractivity contribution in [1.82, 2.24) is 20.4 Å². The zero-order valence-electron chi connectivity index (χ0n) is 13.3. The van der Waals surface area contributed by atoms with E-state index in [1.807, 2.05) is 6.07 Å². The average Bonchev–Trinajstić information content (AvgIpc) is 3.25. The van der Waals surface area contributed by atoms with E-state index in [9.17, 15) is 4.79 Å². The van der Waals surface area contributed by atoms with Crippen LogP contribution in [0.4, 0.5) is 0 Å². The van der Waals surface area contributed by atoms with Crippen molar-refractivity contribution in [3.8, 4) is 0 Å². The Morgan fingerprint density at radius 1 is 1.48 bits per heavy atom. The van der Waals surface area contributed by atoms with E-state index in [1.54, 1.807) is 10.9 Å². The lowest BCUT2D eigenvalue weighted by molar-refractivity contribution is 0.0929. The summed E-state index contributed by atoms with van der Waals surface area (Å²) in [5.41, 5.74) is 3.21. The second-order valence-corrected chi connectivity index (χ2v) is 6.66. The molecule has 2 aromatic heterocycles. The van der Waals surface area contributed by atoms with E-state index >= 15 is 0 Å². The second-order valence-electron chi connectivity index (χ2n) is 5.94. The third kappa shape index (κ3) is 4.39. The minimum absolute atomic E-state index is 0.0672. The lowest BCUT2D eigenvalue weighted by Crippen LogP contribution is -2.38. The summed E-state index contributed by atoms with van der Waals surface area (Å²) in [6.07, 6.45) is 3.09. The zero-order valence-corrected chi connectivity index (χ0v) is 14.1. The minimum atomic E-state index is -0.0672. The van der Waals surface area contributed by atoms with Crippen LogP contribution >= 0.6 is 11.3 Å². The van der Waals surface area contributed by atoms with Crippen LogP contribution in [0.2, 0.25) is 0 Å². The first-order valence-electron chi connectivity index (χ1n) is 8.07. The van der Waals surface area contributed by atoms with Crippen molar-refractivity contribution in [2.24, 2.45) is 5.92 Å². The highest BCUT2D eigenvalue weighted by molar-refractivity contribution is 7.07. The number of aromatic nitrogens is 2. The number of nitrogens with one attached hydrogen (secondary N) is 1. The van der Waals surface area contributed by atoms with Gasteiger partial charge in [0.05, 0.1) is 17.7 Å². The Balaban J connectivity index is 1.39. The van der Waals surface area contributed by atoms with Gasteiger partial charge in [-0.05, 0) is 38.3 Å². The number of thiazole rings is 1. The third-order valence-corrected chi connectivity index (χ3v) is 4.86. The Morgan fingerprint density at radius 3 is 2.96 bits per heavy atom. The molecule has 2 aromatic rings. The third-order valence-electron chi connectivity index (χ3n) is 4.27. The average molecular weight is 334 g/mol. The largest absolute Gasteiger partial charge is 0.360 e. The Morgan fingerprint density at radius 2 is 2.30 bits per heavy atom. The minimum Gasteiger partial charge on any atom is -0.360 e. The fourth-order valence-electron chi connectivity index (χ4n) is 2.82. The molecule has 1 aliphatic rings. The first-order valence-corrected chi connectivity index (χ1v) is 9.02. The van der Waals surface area contributed by atoms with Crippen LogP contribution in [0.1, 0.15) is 41.7 Å². The highest BCUT2D eigenvalue weighted by atomic mass is 32.1. The monoisotopic (exact) mass is 334 g/mol. The zero-order chi connectivity index (χ0) is 16.1. The number of amides is 1. The maximum absolute atomic E-state index is 11.9. The molecule has 0 atom stereocenters. The predicted molar refractivity (Wildman–Crippen MR) is 88.3 cm³/mol. The van der Waals surface area contributed by atoms with Crippen molar-refractivity contribution in [2.75, 3.05) is 19.6 Å². The number of hydrogen-bond donors (Lipinski definition) is 1. The van der Waals surface area contributed by atoms with E-state index in [0.717, 1.165) is 56.9 Å². The molecule has 23 heavy (non-hydrogen) atoms. The SMILES string of the molecule is CCc1cc(CN2CCC(CNC(=O)c3cscn3)CC2)on1. The van der Waals surface area contributed by atoms with Gasteiger partial charge in [0.2, 0.25) is 0 Å². The van der Waals surface area contributed by atoms with E-state index in [-0.39, 0.29) is 5.91 Å². The summed E-state index contributed by atoms with van der Waals surface area (Å²) in [5.74, 6) is 1.41. The van der Waals surface area contributed by atoms with Crippen molar-refractivity contribution in [3.05, 3.63) is 34.1 Å². The second kappa shape index (κ2) is 7.70. The molecule has 0 saturated carbocycles. The maximum Gasteiger partial charge on any atom is 0.270 e. The van der Waals surface area contributed by atoms with Gasteiger partial charge >= 0.3 is 0 Å². The number of likely N-dealkylation sites (tertiary alicyclic amines) is 1. The van der Waals surface area contributed by atoms with Crippen LogP contribution in [-0.2, 0) is 13.0 Å². The molecule has 0 spiro atoms. The molecule has 3 heterocycles. The summed E-state index contributed by atoms with van der Waals surface area (Å²) >= 11 is 1.44. The van der Waals surface area contributed by atoms with Crippen LogP contribution in [0.3, 0.4) is 0 Å².